The lowest BCUT2D eigenvalue weighted by Gasteiger charge is -2.43. The monoisotopic (exact) mass is 125 g/mol. The molecule has 2 saturated heterocycles. The molecule has 0 aromatic heterocycles. The SMILES string of the molecule is CN1CC2CC(C1)C2=O. The van der Waals surface area contributed by atoms with Gasteiger partial charge in [-0.05, 0) is 13.5 Å². The highest BCUT2D eigenvalue weighted by atomic mass is 16.1. The predicted octanol–water partition coefficient (Wildman–Crippen LogP) is 0.137. The summed E-state index contributed by atoms with van der Waals surface area (Å²) in [7, 11) is 2.09. The van der Waals surface area contributed by atoms with E-state index in [1.807, 2.05) is 0 Å². The van der Waals surface area contributed by atoms with Crippen LogP contribution in [0.3, 0.4) is 0 Å². The maximum Gasteiger partial charge on any atom is 0.141 e. The summed E-state index contributed by atoms with van der Waals surface area (Å²) in [4.78, 5) is 13.2. The highest BCUT2D eigenvalue weighted by molar-refractivity contribution is 5.90. The molecule has 50 valence electrons. The summed E-state index contributed by atoms with van der Waals surface area (Å²) >= 11 is 0. The van der Waals surface area contributed by atoms with E-state index in [1.54, 1.807) is 0 Å². The van der Waals surface area contributed by atoms with E-state index in [0.29, 0.717) is 17.6 Å². The molecule has 0 aromatic carbocycles. The zero-order valence-corrected chi connectivity index (χ0v) is 5.63. The van der Waals surface area contributed by atoms with Gasteiger partial charge in [0.1, 0.15) is 5.78 Å². The molecule has 2 nitrogen and oxygen atoms in total. The van der Waals surface area contributed by atoms with Crippen LogP contribution in [0.5, 0.6) is 0 Å². The fourth-order valence-electron chi connectivity index (χ4n) is 1.90. The van der Waals surface area contributed by atoms with Gasteiger partial charge in [-0.2, -0.15) is 0 Å². The average molecular weight is 125 g/mol. The van der Waals surface area contributed by atoms with E-state index in [9.17, 15) is 4.79 Å². The molecule has 3 rings (SSSR count). The van der Waals surface area contributed by atoms with E-state index in [2.05, 4.69) is 11.9 Å². The second-order valence-corrected chi connectivity index (χ2v) is 3.25. The van der Waals surface area contributed by atoms with Crippen LogP contribution in [-0.4, -0.2) is 30.8 Å². The normalized spacial score (nSPS) is 42.6. The highest BCUT2D eigenvalue weighted by Crippen LogP contribution is 2.34. The molecule has 2 heteroatoms. The van der Waals surface area contributed by atoms with Crippen molar-refractivity contribution in [1.29, 1.82) is 0 Å². The molecular weight excluding hydrogens is 114 g/mol. The Kier molecular flexibility index (Phi) is 0.943. The summed E-state index contributed by atoms with van der Waals surface area (Å²) in [6, 6.07) is 0. The van der Waals surface area contributed by atoms with Gasteiger partial charge in [0.25, 0.3) is 0 Å². The summed E-state index contributed by atoms with van der Waals surface area (Å²) in [5.74, 6) is 1.34. The third-order valence-electron chi connectivity index (χ3n) is 2.44. The number of hydrogen-bond donors (Lipinski definition) is 0. The Morgan fingerprint density at radius 3 is 2.33 bits per heavy atom. The molecule has 2 heterocycles. The minimum absolute atomic E-state index is 0.411. The van der Waals surface area contributed by atoms with Crippen molar-refractivity contribution in [3.63, 3.8) is 0 Å². The molecule has 1 saturated carbocycles. The summed E-state index contributed by atoms with van der Waals surface area (Å²) in [6.45, 7) is 2.02. The van der Waals surface area contributed by atoms with Gasteiger partial charge in [-0.25, -0.2) is 0 Å². The molecule has 2 bridgehead atoms. The summed E-state index contributed by atoms with van der Waals surface area (Å²) in [6.07, 6.45) is 1.17. The van der Waals surface area contributed by atoms with E-state index in [1.165, 1.54) is 6.42 Å². The Bertz CT molecular complexity index is 141. The van der Waals surface area contributed by atoms with Gasteiger partial charge < -0.3 is 4.90 Å². The van der Waals surface area contributed by atoms with Crippen LogP contribution in [0.4, 0.5) is 0 Å². The third-order valence-corrected chi connectivity index (χ3v) is 2.44. The minimum Gasteiger partial charge on any atom is -0.305 e. The lowest BCUT2D eigenvalue weighted by atomic mass is 9.70. The largest absolute Gasteiger partial charge is 0.305 e. The van der Waals surface area contributed by atoms with Crippen LogP contribution in [-0.2, 0) is 4.79 Å². The summed E-state index contributed by atoms with van der Waals surface area (Å²) in [5, 5.41) is 0. The Labute approximate surface area is 54.8 Å². The van der Waals surface area contributed by atoms with Crippen molar-refractivity contribution in [2.45, 2.75) is 6.42 Å². The average Bonchev–Trinajstić information content (AvgIpc) is 1.87. The van der Waals surface area contributed by atoms with Crippen molar-refractivity contribution in [3.8, 4) is 0 Å². The first-order valence-corrected chi connectivity index (χ1v) is 3.49. The quantitative estimate of drug-likeness (QED) is 0.459. The number of carbonyl (C=O) groups is 1. The number of carbonyl (C=O) groups excluding carboxylic acids is 1. The fourth-order valence-corrected chi connectivity index (χ4v) is 1.90. The van der Waals surface area contributed by atoms with Crippen molar-refractivity contribution in [2.75, 3.05) is 20.1 Å². The zero-order valence-electron chi connectivity index (χ0n) is 5.63. The number of ketones is 1. The van der Waals surface area contributed by atoms with Gasteiger partial charge in [-0.15, -0.1) is 0 Å². The molecule has 1 aliphatic carbocycles. The standard InChI is InChI=1S/C7H11NO/c1-8-3-5-2-6(4-8)7(5)9/h5-6H,2-4H2,1H3. The molecular formula is C7H11NO. The van der Waals surface area contributed by atoms with Gasteiger partial charge >= 0.3 is 0 Å². The topological polar surface area (TPSA) is 20.3 Å². The van der Waals surface area contributed by atoms with Crippen LogP contribution in [0.2, 0.25) is 0 Å². The van der Waals surface area contributed by atoms with Crippen LogP contribution in [0.25, 0.3) is 0 Å². The van der Waals surface area contributed by atoms with Gasteiger partial charge in [0, 0.05) is 24.9 Å². The first-order valence-electron chi connectivity index (χ1n) is 3.49. The van der Waals surface area contributed by atoms with Crippen LogP contribution in [0.15, 0.2) is 0 Å². The molecule has 9 heavy (non-hydrogen) atoms. The molecule has 3 fully saturated rings. The first kappa shape index (κ1) is 5.42. The molecule has 2 unspecified atom stereocenters. The molecule has 2 aliphatic heterocycles. The van der Waals surface area contributed by atoms with Gasteiger partial charge in [-0.1, -0.05) is 0 Å². The van der Waals surface area contributed by atoms with E-state index in [4.69, 9.17) is 0 Å². The van der Waals surface area contributed by atoms with Gasteiger partial charge in [0.15, 0.2) is 0 Å². The molecule has 0 aromatic rings. The van der Waals surface area contributed by atoms with Crippen LogP contribution < -0.4 is 0 Å². The zero-order chi connectivity index (χ0) is 6.43. The molecule has 0 N–H and O–H groups in total. The predicted molar refractivity (Wildman–Crippen MR) is 34.1 cm³/mol. The van der Waals surface area contributed by atoms with Crippen LogP contribution in [0.1, 0.15) is 6.42 Å². The number of Topliss-reactive ketones (excluding diaryl/α,β-unsaturated/α-hetero) is 1. The van der Waals surface area contributed by atoms with Crippen LogP contribution >= 0.6 is 0 Å². The second-order valence-electron chi connectivity index (χ2n) is 3.25. The van der Waals surface area contributed by atoms with E-state index >= 15 is 0 Å². The van der Waals surface area contributed by atoms with E-state index in [-0.39, 0.29) is 0 Å². The molecule has 3 aliphatic rings. The maximum absolute atomic E-state index is 11.0. The third kappa shape index (κ3) is 0.628. The van der Waals surface area contributed by atoms with E-state index in [0.717, 1.165) is 13.1 Å². The van der Waals surface area contributed by atoms with E-state index < -0.39 is 0 Å². The van der Waals surface area contributed by atoms with Crippen molar-refractivity contribution < 1.29 is 4.79 Å². The lowest BCUT2D eigenvalue weighted by molar-refractivity contribution is -0.142. The molecule has 0 spiro atoms. The number of rotatable bonds is 0. The van der Waals surface area contributed by atoms with Crippen molar-refractivity contribution in [1.82, 2.24) is 4.90 Å². The summed E-state index contributed by atoms with van der Waals surface area (Å²) in [5.41, 5.74) is 0. The number of hydrogen-bond acceptors (Lipinski definition) is 2. The number of nitrogens with zero attached hydrogens (tertiary/aromatic N) is 1. The lowest BCUT2D eigenvalue weighted by Crippen LogP contribution is -2.54. The molecule has 0 amide bonds. The second kappa shape index (κ2) is 1.57. The van der Waals surface area contributed by atoms with Gasteiger partial charge in [0.05, 0.1) is 0 Å². The first-order chi connectivity index (χ1) is 4.27. The smallest absolute Gasteiger partial charge is 0.141 e. The van der Waals surface area contributed by atoms with Crippen molar-refractivity contribution in [2.24, 2.45) is 11.8 Å². The summed E-state index contributed by atoms with van der Waals surface area (Å²) < 4.78 is 0. The Morgan fingerprint density at radius 2 is 2.00 bits per heavy atom. The van der Waals surface area contributed by atoms with Crippen LogP contribution in [0, 0.1) is 11.8 Å². The fraction of sp³-hybridized carbons (Fsp3) is 0.857. The Balaban J connectivity index is 2.09. The number of piperidine rings is 2. The minimum atomic E-state index is 0.411. The van der Waals surface area contributed by atoms with Crippen molar-refractivity contribution >= 4 is 5.78 Å². The maximum atomic E-state index is 11.0. The Hall–Kier alpha value is -0.370. The Morgan fingerprint density at radius 1 is 1.44 bits per heavy atom. The molecule has 2 atom stereocenters. The highest BCUT2D eigenvalue weighted by Gasteiger charge is 2.44. The van der Waals surface area contributed by atoms with Gasteiger partial charge in [-0.3, -0.25) is 4.79 Å². The van der Waals surface area contributed by atoms with Gasteiger partial charge in [0.2, 0.25) is 0 Å². The van der Waals surface area contributed by atoms with Crippen molar-refractivity contribution in [3.05, 3.63) is 0 Å². The number of fused-ring (bicyclic) bond motifs is 2. The molecule has 0 radical (unpaired) electrons.